The zero-order valence-corrected chi connectivity index (χ0v) is 23.3. The van der Waals surface area contributed by atoms with E-state index in [0.29, 0.717) is 5.56 Å². The fourth-order valence-corrected chi connectivity index (χ4v) is 10.1. The van der Waals surface area contributed by atoms with Crippen molar-refractivity contribution in [1.82, 2.24) is 5.32 Å². The fraction of sp³-hybridized carbons (Fsp3) is 0.296. The van der Waals surface area contributed by atoms with Crippen molar-refractivity contribution in [2.24, 2.45) is 0 Å². The second-order valence-corrected chi connectivity index (χ2v) is 16.0. The molecule has 1 heterocycles. The number of benzene rings is 3. The minimum Gasteiger partial charge on any atom is -0.459 e. The smallest absolute Gasteiger partial charge is 0.338 e. The molecule has 2 atom stereocenters. The topological polar surface area (TPSA) is 81.5 Å². The summed E-state index contributed by atoms with van der Waals surface area (Å²) in [6.07, 6.45) is 2.75. The Bertz CT molecular complexity index is 1110. The lowest BCUT2D eigenvalue weighted by Gasteiger charge is -2.36. The van der Waals surface area contributed by atoms with Crippen molar-refractivity contribution >= 4 is 40.3 Å². The normalized spacial score (nSPS) is 18.8. The highest BCUT2D eigenvalue weighted by Gasteiger charge is 2.40. The van der Waals surface area contributed by atoms with Gasteiger partial charge in [0.1, 0.15) is 14.2 Å². The van der Waals surface area contributed by atoms with E-state index in [1.165, 1.54) is 34.6 Å². The molecule has 0 radical (unpaired) electrons. The number of rotatable bonds is 9. The van der Waals surface area contributed by atoms with Crippen LogP contribution in [0.4, 0.5) is 5.69 Å². The lowest BCUT2D eigenvalue weighted by atomic mass is 10.1. The van der Waals surface area contributed by atoms with Crippen LogP contribution in [0.15, 0.2) is 84.9 Å². The molecular weight excluding hydrogens is 472 g/mol. The zero-order chi connectivity index (χ0) is 24.9. The molecule has 1 N–H and O–H groups in total. The van der Waals surface area contributed by atoms with E-state index < -0.39 is 19.0 Å². The van der Waals surface area contributed by atoms with Crippen molar-refractivity contribution in [2.45, 2.75) is 43.1 Å². The first-order valence-electron chi connectivity index (χ1n) is 12.1. The van der Waals surface area contributed by atoms with Crippen LogP contribution in [0.25, 0.3) is 0 Å². The molecule has 8 heteroatoms. The van der Waals surface area contributed by atoms with E-state index in [1.807, 2.05) is 12.1 Å². The van der Waals surface area contributed by atoms with Crippen LogP contribution >= 0.6 is 0 Å². The van der Waals surface area contributed by atoms with Gasteiger partial charge in [0, 0.05) is 27.5 Å². The van der Waals surface area contributed by atoms with Gasteiger partial charge in [-0.25, -0.2) is 4.79 Å². The minimum atomic E-state index is -2.24. The van der Waals surface area contributed by atoms with E-state index >= 15 is 0 Å². The summed E-state index contributed by atoms with van der Waals surface area (Å²) in [6.45, 7) is 3.35. The molecule has 0 bridgehead atoms. The van der Waals surface area contributed by atoms with Gasteiger partial charge in [0.15, 0.2) is 0 Å². The molecular formula is C27H32N2O4Si2. The molecule has 0 unspecified atom stereocenters. The number of hydrogen-bond acceptors (Lipinski definition) is 5. The second-order valence-electron chi connectivity index (χ2n) is 9.89. The van der Waals surface area contributed by atoms with Gasteiger partial charge < -0.3 is 10.1 Å². The Morgan fingerprint density at radius 2 is 1.63 bits per heavy atom. The van der Waals surface area contributed by atoms with Gasteiger partial charge in [0.25, 0.3) is 5.69 Å². The number of hydrogen-bond donors (Lipinski definition) is 1. The Balaban J connectivity index is 1.65. The maximum atomic E-state index is 13.2. The summed E-state index contributed by atoms with van der Waals surface area (Å²) in [5, 5.41) is 17.3. The molecule has 0 amide bonds. The lowest BCUT2D eigenvalue weighted by Crippen LogP contribution is -2.58. The van der Waals surface area contributed by atoms with Crippen molar-refractivity contribution < 1.29 is 14.5 Å². The number of esters is 1. The maximum Gasteiger partial charge on any atom is 0.338 e. The van der Waals surface area contributed by atoms with Crippen LogP contribution in [0.1, 0.15) is 29.6 Å². The molecule has 0 aromatic heterocycles. The summed E-state index contributed by atoms with van der Waals surface area (Å²) < 4.78 is 6.21. The van der Waals surface area contributed by atoms with Crippen LogP contribution in [0.3, 0.4) is 0 Å². The quantitative estimate of drug-likeness (QED) is 0.210. The number of nitrogens with zero attached hydrogens (tertiary/aromatic N) is 1. The highest BCUT2D eigenvalue weighted by Crippen LogP contribution is 2.28. The van der Waals surface area contributed by atoms with E-state index in [0.717, 1.165) is 42.1 Å². The Morgan fingerprint density at radius 3 is 2.11 bits per heavy atom. The Labute approximate surface area is 210 Å². The van der Waals surface area contributed by atoms with Gasteiger partial charge in [-0.3, -0.25) is 10.1 Å². The first-order chi connectivity index (χ1) is 16.8. The monoisotopic (exact) mass is 504 g/mol. The van der Waals surface area contributed by atoms with Crippen molar-refractivity contribution in [2.75, 3.05) is 6.54 Å². The summed E-state index contributed by atoms with van der Waals surface area (Å²) in [4.78, 5) is 23.7. The molecule has 1 saturated heterocycles. The third-order valence-electron chi connectivity index (χ3n) is 7.18. The SMILES string of the molecule is C[Si](C[C@H](C[C@@]1([SiH3])CCCN1)OC(=O)c1ccc([N+](=O)[O-])cc1)(c1ccccc1)c1ccccc1. The number of carbonyl (C=O) groups is 1. The van der Waals surface area contributed by atoms with E-state index in [9.17, 15) is 14.9 Å². The predicted octanol–water partition coefficient (Wildman–Crippen LogP) is 2.85. The van der Waals surface area contributed by atoms with Crippen LogP contribution in [0.5, 0.6) is 0 Å². The number of non-ortho nitro benzene ring substituents is 1. The first-order valence-corrected chi connectivity index (χ1v) is 15.8. The number of nitro groups is 1. The third kappa shape index (κ3) is 5.95. The van der Waals surface area contributed by atoms with Gasteiger partial charge in [-0.05, 0) is 44.0 Å². The van der Waals surface area contributed by atoms with Gasteiger partial charge in [-0.2, -0.15) is 0 Å². The largest absolute Gasteiger partial charge is 0.459 e. The summed E-state index contributed by atoms with van der Waals surface area (Å²) in [5.74, 6) is -0.425. The van der Waals surface area contributed by atoms with Gasteiger partial charge in [0.05, 0.1) is 10.5 Å². The highest BCUT2D eigenvalue weighted by atomic mass is 28.3. The van der Waals surface area contributed by atoms with Crippen molar-refractivity contribution in [3.8, 4) is 0 Å². The number of nitro benzene ring substituents is 1. The van der Waals surface area contributed by atoms with Gasteiger partial charge in [0.2, 0.25) is 0 Å². The molecule has 1 aliphatic rings. The molecule has 3 aromatic carbocycles. The van der Waals surface area contributed by atoms with Gasteiger partial charge in [-0.15, -0.1) is 0 Å². The zero-order valence-electron chi connectivity index (χ0n) is 20.3. The molecule has 4 rings (SSSR count). The Kier molecular flexibility index (Phi) is 7.64. The standard InChI is InChI=1S/C27H32N2O4Si2/c1-35(24-9-4-2-5-10-24,25-11-6-3-7-12-25)20-23(19-27(34)17-8-18-28-27)33-26(30)21-13-15-22(16-14-21)29(31)32/h2-7,9-16,23,28H,8,17-20H2,1,34H3/t23-,27-/m0/s1. The fourth-order valence-electron chi connectivity index (χ4n) is 5.20. The molecule has 182 valence electrons. The lowest BCUT2D eigenvalue weighted by molar-refractivity contribution is -0.384. The van der Waals surface area contributed by atoms with Crippen LogP contribution in [-0.4, -0.2) is 47.0 Å². The average molecular weight is 505 g/mol. The average Bonchev–Trinajstić information content (AvgIpc) is 3.30. The van der Waals surface area contributed by atoms with Crippen LogP contribution < -0.4 is 15.7 Å². The predicted molar refractivity (Wildman–Crippen MR) is 145 cm³/mol. The summed E-state index contributed by atoms with van der Waals surface area (Å²) in [6, 6.07) is 27.6. The molecule has 3 aromatic rings. The van der Waals surface area contributed by atoms with Crippen LogP contribution in [0, 0.1) is 10.1 Å². The van der Waals surface area contributed by atoms with E-state index in [-0.39, 0.29) is 17.0 Å². The molecule has 6 nitrogen and oxygen atoms in total. The van der Waals surface area contributed by atoms with E-state index in [1.54, 1.807) is 0 Å². The first kappa shape index (κ1) is 25.0. The molecule has 35 heavy (non-hydrogen) atoms. The summed E-state index contributed by atoms with van der Waals surface area (Å²) in [5.41, 5.74) is 0.296. The number of nitrogens with one attached hydrogen (secondary N) is 1. The second kappa shape index (κ2) is 10.7. The minimum absolute atomic E-state index is 0.0418. The summed E-state index contributed by atoms with van der Waals surface area (Å²) >= 11 is 0. The van der Waals surface area contributed by atoms with Crippen LogP contribution in [-0.2, 0) is 4.74 Å². The molecule has 1 aliphatic heterocycles. The molecule has 0 saturated carbocycles. The van der Waals surface area contributed by atoms with Gasteiger partial charge in [-0.1, -0.05) is 77.6 Å². The van der Waals surface area contributed by atoms with Crippen LogP contribution in [0.2, 0.25) is 12.6 Å². The third-order valence-corrected chi connectivity index (χ3v) is 12.9. The van der Waals surface area contributed by atoms with E-state index in [4.69, 9.17) is 4.74 Å². The molecule has 1 fully saturated rings. The highest BCUT2D eigenvalue weighted by molar-refractivity contribution is 7.01. The molecule has 0 aliphatic carbocycles. The maximum absolute atomic E-state index is 13.2. The Morgan fingerprint density at radius 1 is 1.06 bits per heavy atom. The molecule has 0 spiro atoms. The van der Waals surface area contributed by atoms with Crippen molar-refractivity contribution in [1.29, 1.82) is 0 Å². The summed E-state index contributed by atoms with van der Waals surface area (Å²) in [7, 11) is -1.27. The van der Waals surface area contributed by atoms with Crippen molar-refractivity contribution in [3.63, 3.8) is 0 Å². The van der Waals surface area contributed by atoms with Gasteiger partial charge >= 0.3 is 5.97 Å². The van der Waals surface area contributed by atoms with E-state index in [2.05, 4.69) is 60.4 Å². The Hall–Kier alpha value is -3.08. The van der Waals surface area contributed by atoms with Crippen molar-refractivity contribution in [3.05, 3.63) is 101 Å². The number of ether oxygens (including phenoxy) is 1. The number of carbonyl (C=O) groups excluding carboxylic acids is 1.